The number of ether oxygens (including phenoxy) is 2. The lowest BCUT2D eigenvalue weighted by Gasteiger charge is -2.42. The van der Waals surface area contributed by atoms with Crippen LogP contribution in [-0.4, -0.2) is 78.6 Å². The van der Waals surface area contributed by atoms with E-state index in [9.17, 15) is 22.4 Å². The summed E-state index contributed by atoms with van der Waals surface area (Å²) < 4.78 is 54.8. The molecule has 0 bridgehead atoms. The fraction of sp³-hybridized carbons (Fsp3) is 0.533. The Morgan fingerprint density at radius 1 is 1.02 bits per heavy atom. The van der Waals surface area contributed by atoms with Crippen LogP contribution >= 0.6 is 0 Å². The van der Waals surface area contributed by atoms with Gasteiger partial charge in [0.05, 0.1) is 23.0 Å². The Labute approximate surface area is 242 Å². The van der Waals surface area contributed by atoms with Crippen LogP contribution in [0.3, 0.4) is 0 Å². The van der Waals surface area contributed by atoms with Crippen molar-refractivity contribution < 1.29 is 31.9 Å². The van der Waals surface area contributed by atoms with Crippen molar-refractivity contribution in [3.05, 3.63) is 65.5 Å². The summed E-state index contributed by atoms with van der Waals surface area (Å²) in [5, 5.41) is 0. The molecule has 0 aromatic heterocycles. The van der Waals surface area contributed by atoms with Gasteiger partial charge in [-0.2, -0.15) is 4.31 Å². The number of carbonyl (C=O) groups is 2. The maximum absolute atomic E-state index is 14.2. The maximum Gasteiger partial charge on any atom is 0.410 e. The van der Waals surface area contributed by atoms with Gasteiger partial charge in [-0.1, -0.05) is 29.8 Å². The number of hydrogen-bond acceptors (Lipinski definition) is 6. The lowest BCUT2D eigenvalue weighted by Crippen LogP contribution is -2.56. The molecule has 2 saturated heterocycles. The van der Waals surface area contributed by atoms with Gasteiger partial charge in [-0.25, -0.2) is 22.4 Å². The number of sulfonamides is 1. The van der Waals surface area contributed by atoms with Crippen LogP contribution in [0.25, 0.3) is 0 Å². The zero-order valence-electron chi connectivity index (χ0n) is 24.4. The van der Waals surface area contributed by atoms with Crippen LogP contribution in [0.4, 0.5) is 14.0 Å². The first-order chi connectivity index (χ1) is 19.3. The van der Waals surface area contributed by atoms with Crippen LogP contribution in [0.5, 0.6) is 0 Å². The summed E-state index contributed by atoms with van der Waals surface area (Å²) in [7, 11) is -4.01. The van der Waals surface area contributed by atoms with E-state index in [2.05, 4.69) is 0 Å². The third-order valence-corrected chi connectivity index (χ3v) is 9.40. The number of benzene rings is 2. The highest BCUT2D eigenvalue weighted by molar-refractivity contribution is 7.89. The molecule has 11 heteroatoms. The van der Waals surface area contributed by atoms with E-state index >= 15 is 0 Å². The average molecular weight is 590 g/mol. The smallest absolute Gasteiger partial charge is 0.410 e. The molecular weight excluding hydrogens is 549 g/mol. The van der Waals surface area contributed by atoms with Gasteiger partial charge in [0.2, 0.25) is 10.0 Å². The predicted octanol–water partition coefficient (Wildman–Crippen LogP) is 5.50. The molecule has 2 amide bonds. The largest absolute Gasteiger partial charge is 0.448 e. The number of piperazine rings is 1. The molecule has 3 atom stereocenters. The fourth-order valence-electron chi connectivity index (χ4n) is 5.41. The summed E-state index contributed by atoms with van der Waals surface area (Å²) >= 11 is 0. The Morgan fingerprint density at radius 2 is 1.73 bits per heavy atom. The van der Waals surface area contributed by atoms with Gasteiger partial charge in [0.15, 0.2) is 0 Å². The molecule has 2 aliphatic rings. The lowest BCUT2D eigenvalue weighted by atomic mass is 9.93. The summed E-state index contributed by atoms with van der Waals surface area (Å²) in [6.07, 6.45) is 0.699. The summed E-state index contributed by atoms with van der Waals surface area (Å²) in [4.78, 5) is 28.9. The van der Waals surface area contributed by atoms with Crippen molar-refractivity contribution in [1.29, 1.82) is 0 Å². The van der Waals surface area contributed by atoms with Gasteiger partial charge in [-0.05, 0) is 83.7 Å². The number of amides is 2. The van der Waals surface area contributed by atoms with E-state index in [1.165, 1.54) is 16.4 Å². The average Bonchev–Trinajstić information content (AvgIpc) is 2.90. The molecule has 4 rings (SSSR count). The second kappa shape index (κ2) is 12.4. The van der Waals surface area contributed by atoms with Gasteiger partial charge in [-0.3, -0.25) is 0 Å². The zero-order valence-corrected chi connectivity index (χ0v) is 25.2. The van der Waals surface area contributed by atoms with Gasteiger partial charge in [0, 0.05) is 19.6 Å². The van der Waals surface area contributed by atoms with E-state index in [4.69, 9.17) is 9.47 Å². The Kier molecular flexibility index (Phi) is 9.28. The molecule has 9 nitrogen and oxygen atoms in total. The first-order valence-electron chi connectivity index (χ1n) is 14.0. The molecule has 2 aliphatic heterocycles. The lowest BCUT2D eigenvalue weighted by molar-refractivity contribution is 0.00101. The van der Waals surface area contributed by atoms with Gasteiger partial charge in [0.1, 0.15) is 18.0 Å². The third kappa shape index (κ3) is 7.37. The van der Waals surface area contributed by atoms with Crippen LogP contribution in [-0.2, 0) is 19.5 Å². The van der Waals surface area contributed by atoms with Crippen molar-refractivity contribution in [3.63, 3.8) is 0 Å². The summed E-state index contributed by atoms with van der Waals surface area (Å²) in [5.41, 5.74) is 0.865. The molecule has 0 unspecified atom stereocenters. The Balaban J connectivity index is 1.51. The van der Waals surface area contributed by atoms with E-state index < -0.39 is 45.7 Å². The summed E-state index contributed by atoms with van der Waals surface area (Å²) in [6, 6.07) is 11.0. The first-order valence-corrected chi connectivity index (χ1v) is 15.5. The van der Waals surface area contributed by atoms with Gasteiger partial charge >= 0.3 is 12.2 Å². The minimum absolute atomic E-state index is 0.134. The summed E-state index contributed by atoms with van der Waals surface area (Å²) in [6.45, 7) is 9.82. The Bertz CT molecular complexity index is 1340. The van der Waals surface area contributed by atoms with Crippen LogP contribution in [0.1, 0.15) is 64.1 Å². The fourth-order valence-corrected chi connectivity index (χ4v) is 7.25. The van der Waals surface area contributed by atoms with E-state index in [0.717, 1.165) is 5.56 Å². The van der Waals surface area contributed by atoms with Crippen molar-refractivity contribution in [3.8, 4) is 0 Å². The van der Waals surface area contributed by atoms with Gasteiger partial charge < -0.3 is 19.3 Å². The highest BCUT2D eigenvalue weighted by Gasteiger charge is 2.42. The van der Waals surface area contributed by atoms with Crippen LogP contribution < -0.4 is 0 Å². The van der Waals surface area contributed by atoms with Crippen molar-refractivity contribution in [2.45, 2.75) is 82.5 Å². The number of halogens is 1. The van der Waals surface area contributed by atoms with Gasteiger partial charge in [0.25, 0.3) is 0 Å². The molecule has 2 fully saturated rings. The standard InChI is InChI=1S/C30H40FN3O6S/c1-21-12-14-26(15-13-21)41(37,38)34-25(10-7-11-27(34)23-8-6-9-24(31)18-23)20-39-29(36)33-17-16-32(19-22(33)2)28(35)40-30(3,4)5/h6,8-9,12-15,18,22,25,27H,7,10-11,16-17,19-20H2,1-5H3/t22-,25+,27-/m0/s1. The molecule has 2 heterocycles. The monoisotopic (exact) mass is 589 g/mol. The molecule has 0 aliphatic carbocycles. The van der Waals surface area contributed by atoms with Crippen molar-refractivity contribution in [1.82, 2.24) is 14.1 Å². The SMILES string of the molecule is Cc1ccc(S(=O)(=O)N2[C@@H](COC(=O)N3CCN(C(=O)OC(C)(C)C)C[C@@H]3C)CCC[C@H]2c2cccc(F)c2)cc1. The second-order valence-corrected chi connectivity index (χ2v) is 13.7. The molecule has 2 aromatic carbocycles. The van der Waals surface area contributed by atoms with Crippen LogP contribution in [0.2, 0.25) is 0 Å². The predicted molar refractivity (Wildman–Crippen MR) is 152 cm³/mol. The summed E-state index contributed by atoms with van der Waals surface area (Å²) in [5.74, 6) is -0.441. The highest BCUT2D eigenvalue weighted by Crippen LogP contribution is 2.39. The van der Waals surface area contributed by atoms with E-state index in [1.807, 2.05) is 13.8 Å². The number of rotatable bonds is 5. The van der Waals surface area contributed by atoms with E-state index in [-0.39, 0.29) is 24.1 Å². The maximum atomic E-state index is 14.2. The van der Waals surface area contributed by atoms with Gasteiger partial charge in [-0.15, -0.1) is 0 Å². The molecule has 0 radical (unpaired) electrons. The Morgan fingerprint density at radius 3 is 2.37 bits per heavy atom. The van der Waals surface area contributed by atoms with E-state index in [1.54, 1.807) is 67.0 Å². The first kappa shape index (κ1) is 30.8. The molecule has 0 saturated carbocycles. The number of nitrogens with zero attached hydrogens (tertiary/aromatic N) is 3. The Hall–Kier alpha value is -3.18. The molecule has 41 heavy (non-hydrogen) atoms. The minimum atomic E-state index is -4.01. The minimum Gasteiger partial charge on any atom is -0.448 e. The van der Waals surface area contributed by atoms with Crippen molar-refractivity contribution >= 4 is 22.2 Å². The molecule has 0 spiro atoms. The van der Waals surface area contributed by atoms with Crippen LogP contribution in [0, 0.1) is 12.7 Å². The second-order valence-electron chi connectivity index (χ2n) is 11.8. The zero-order chi connectivity index (χ0) is 29.9. The quantitative estimate of drug-likeness (QED) is 0.457. The van der Waals surface area contributed by atoms with Crippen LogP contribution in [0.15, 0.2) is 53.4 Å². The highest BCUT2D eigenvalue weighted by atomic mass is 32.2. The van der Waals surface area contributed by atoms with Crippen molar-refractivity contribution in [2.24, 2.45) is 0 Å². The van der Waals surface area contributed by atoms with E-state index in [0.29, 0.717) is 37.9 Å². The topological polar surface area (TPSA) is 96.5 Å². The molecule has 224 valence electrons. The van der Waals surface area contributed by atoms with Crippen molar-refractivity contribution in [2.75, 3.05) is 26.2 Å². The third-order valence-electron chi connectivity index (χ3n) is 7.42. The molecular formula is C30H40FN3O6S. The molecule has 2 aromatic rings. The number of aryl methyl sites for hydroxylation is 1. The molecule has 0 N–H and O–H groups in total. The number of hydrogen-bond donors (Lipinski definition) is 0. The number of piperidine rings is 1. The number of carbonyl (C=O) groups excluding carboxylic acids is 2. The normalized spacial score (nSPS) is 22.3.